The Morgan fingerprint density at radius 2 is 1.65 bits per heavy atom. The lowest BCUT2D eigenvalue weighted by atomic mass is 9.87. The van der Waals surface area contributed by atoms with Gasteiger partial charge in [0, 0.05) is 5.69 Å². The zero-order valence-electron chi connectivity index (χ0n) is 12.7. The van der Waals surface area contributed by atoms with Gasteiger partial charge in [-0.2, -0.15) is 0 Å². The van der Waals surface area contributed by atoms with Gasteiger partial charge < -0.3 is 10.5 Å². The SMILES string of the molecule is CC(Oc1cccc(C(C)(C)C)c1)c1ccc(N)cc1. The number of ether oxygens (including phenoxy) is 1. The normalized spacial score (nSPS) is 13.0. The van der Waals surface area contributed by atoms with Gasteiger partial charge in [0.25, 0.3) is 0 Å². The predicted octanol–water partition coefficient (Wildman–Crippen LogP) is 4.71. The van der Waals surface area contributed by atoms with Crippen molar-refractivity contribution in [1.29, 1.82) is 0 Å². The van der Waals surface area contributed by atoms with Crippen LogP contribution in [-0.2, 0) is 5.41 Å². The first-order valence-corrected chi connectivity index (χ1v) is 6.99. The molecule has 2 nitrogen and oxygen atoms in total. The van der Waals surface area contributed by atoms with Crippen molar-refractivity contribution in [1.82, 2.24) is 0 Å². The van der Waals surface area contributed by atoms with Gasteiger partial charge in [-0.3, -0.25) is 0 Å². The number of hydrogen-bond donors (Lipinski definition) is 1. The van der Waals surface area contributed by atoms with Crippen LogP contribution >= 0.6 is 0 Å². The van der Waals surface area contributed by atoms with Crippen LogP contribution in [0.2, 0.25) is 0 Å². The van der Waals surface area contributed by atoms with E-state index in [2.05, 4.69) is 39.8 Å². The molecule has 0 aliphatic rings. The molecule has 0 saturated heterocycles. The second-order valence-corrected chi connectivity index (χ2v) is 6.20. The average Bonchev–Trinajstić information content (AvgIpc) is 2.38. The highest BCUT2D eigenvalue weighted by Crippen LogP contribution is 2.28. The fourth-order valence-corrected chi connectivity index (χ4v) is 2.08. The van der Waals surface area contributed by atoms with Crippen LogP contribution in [0.3, 0.4) is 0 Å². The molecule has 106 valence electrons. The van der Waals surface area contributed by atoms with Crippen molar-refractivity contribution in [3.63, 3.8) is 0 Å². The van der Waals surface area contributed by atoms with Gasteiger partial charge in [-0.05, 0) is 47.7 Å². The van der Waals surface area contributed by atoms with Crippen molar-refractivity contribution in [3.05, 3.63) is 59.7 Å². The second-order valence-electron chi connectivity index (χ2n) is 6.20. The zero-order valence-corrected chi connectivity index (χ0v) is 12.7. The van der Waals surface area contributed by atoms with Gasteiger partial charge in [-0.15, -0.1) is 0 Å². The fraction of sp³-hybridized carbons (Fsp3) is 0.333. The van der Waals surface area contributed by atoms with Crippen LogP contribution < -0.4 is 10.5 Å². The Balaban J connectivity index is 2.15. The van der Waals surface area contributed by atoms with Gasteiger partial charge >= 0.3 is 0 Å². The molecule has 1 unspecified atom stereocenters. The van der Waals surface area contributed by atoms with E-state index in [1.54, 1.807) is 0 Å². The molecular weight excluding hydrogens is 246 g/mol. The van der Waals surface area contributed by atoms with E-state index in [1.807, 2.05) is 36.4 Å². The number of rotatable bonds is 3. The van der Waals surface area contributed by atoms with Crippen LogP contribution in [0.4, 0.5) is 5.69 Å². The van der Waals surface area contributed by atoms with Crippen molar-refractivity contribution in [2.24, 2.45) is 0 Å². The van der Waals surface area contributed by atoms with Gasteiger partial charge in [0.2, 0.25) is 0 Å². The molecular formula is C18H23NO. The molecule has 0 aliphatic heterocycles. The van der Waals surface area contributed by atoms with Crippen molar-refractivity contribution in [3.8, 4) is 5.75 Å². The molecule has 0 spiro atoms. The smallest absolute Gasteiger partial charge is 0.121 e. The summed E-state index contributed by atoms with van der Waals surface area (Å²) in [5.74, 6) is 0.904. The van der Waals surface area contributed by atoms with Crippen LogP contribution in [0, 0.1) is 0 Å². The van der Waals surface area contributed by atoms with Crippen LogP contribution in [0.1, 0.15) is 44.9 Å². The van der Waals surface area contributed by atoms with E-state index >= 15 is 0 Å². The lowest BCUT2D eigenvalue weighted by molar-refractivity contribution is 0.226. The molecule has 20 heavy (non-hydrogen) atoms. The minimum atomic E-state index is 0.00539. The summed E-state index contributed by atoms with van der Waals surface area (Å²) in [4.78, 5) is 0. The lowest BCUT2D eigenvalue weighted by Crippen LogP contribution is -2.11. The zero-order chi connectivity index (χ0) is 14.8. The number of benzene rings is 2. The molecule has 1 atom stereocenters. The van der Waals surface area contributed by atoms with E-state index in [-0.39, 0.29) is 11.5 Å². The molecule has 2 rings (SSSR count). The van der Waals surface area contributed by atoms with E-state index in [9.17, 15) is 0 Å². The molecule has 0 bridgehead atoms. The highest BCUT2D eigenvalue weighted by atomic mass is 16.5. The minimum absolute atomic E-state index is 0.00539. The Kier molecular flexibility index (Phi) is 4.03. The van der Waals surface area contributed by atoms with Gasteiger partial charge in [0.05, 0.1) is 0 Å². The molecule has 0 saturated carbocycles. The summed E-state index contributed by atoms with van der Waals surface area (Å²) in [5.41, 5.74) is 9.01. The summed E-state index contributed by atoms with van der Waals surface area (Å²) < 4.78 is 6.04. The van der Waals surface area contributed by atoms with Crippen LogP contribution in [0.25, 0.3) is 0 Å². The summed E-state index contributed by atoms with van der Waals surface area (Å²) in [6, 6.07) is 16.1. The number of hydrogen-bond acceptors (Lipinski definition) is 2. The lowest BCUT2D eigenvalue weighted by Gasteiger charge is -2.21. The monoisotopic (exact) mass is 269 g/mol. The Hall–Kier alpha value is -1.96. The topological polar surface area (TPSA) is 35.2 Å². The van der Waals surface area contributed by atoms with Crippen molar-refractivity contribution >= 4 is 5.69 Å². The van der Waals surface area contributed by atoms with Crippen LogP contribution in [-0.4, -0.2) is 0 Å². The second kappa shape index (κ2) is 5.58. The molecule has 0 aromatic heterocycles. The predicted molar refractivity (Wildman–Crippen MR) is 85.0 cm³/mol. The Bertz CT molecular complexity index is 567. The standard InChI is InChI=1S/C18H23NO/c1-13(14-8-10-16(19)11-9-14)20-17-7-5-6-15(12-17)18(2,3)4/h5-13H,19H2,1-4H3. The molecule has 0 amide bonds. The molecule has 2 heteroatoms. The maximum Gasteiger partial charge on any atom is 0.121 e. The molecule has 2 aromatic carbocycles. The quantitative estimate of drug-likeness (QED) is 0.819. The fourth-order valence-electron chi connectivity index (χ4n) is 2.08. The number of anilines is 1. The highest BCUT2D eigenvalue weighted by molar-refractivity contribution is 5.40. The molecule has 2 aromatic rings. The maximum atomic E-state index is 6.04. The molecule has 2 N–H and O–H groups in total. The summed E-state index contributed by atoms with van der Waals surface area (Å²) >= 11 is 0. The van der Waals surface area contributed by atoms with E-state index in [0.29, 0.717) is 0 Å². The van der Waals surface area contributed by atoms with Crippen molar-refractivity contribution < 1.29 is 4.74 Å². The number of nitrogen functional groups attached to an aromatic ring is 1. The summed E-state index contributed by atoms with van der Waals surface area (Å²) in [5, 5.41) is 0. The van der Waals surface area contributed by atoms with Crippen molar-refractivity contribution in [2.45, 2.75) is 39.2 Å². The molecule has 0 radical (unpaired) electrons. The van der Waals surface area contributed by atoms with Crippen molar-refractivity contribution in [2.75, 3.05) is 5.73 Å². The Morgan fingerprint density at radius 3 is 2.25 bits per heavy atom. The molecule has 0 heterocycles. The molecule has 0 aliphatic carbocycles. The van der Waals surface area contributed by atoms with E-state index in [4.69, 9.17) is 10.5 Å². The summed E-state index contributed by atoms with van der Waals surface area (Å²) in [6.07, 6.45) is 0.00539. The first-order valence-electron chi connectivity index (χ1n) is 6.99. The van der Waals surface area contributed by atoms with E-state index in [1.165, 1.54) is 5.56 Å². The third-order valence-electron chi connectivity index (χ3n) is 3.42. The highest BCUT2D eigenvalue weighted by Gasteiger charge is 2.15. The molecule has 0 fully saturated rings. The summed E-state index contributed by atoms with van der Waals surface area (Å²) in [6.45, 7) is 8.66. The van der Waals surface area contributed by atoms with E-state index < -0.39 is 0 Å². The Morgan fingerprint density at radius 1 is 1.00 bits per heavy atom. The van der Waals surface area contributed by atoms with Gasteiger partial charge in [0.1, 0.15) is 11.9 Å². The summed E-state index contributed by atoms with van der Waals surface area (Å²) in [7, 11) is 0. The van der Waals surface area contributed by atoms with E-state index in [0.717, 1.165) is 17.0 Å². The minimum Gasteiger partial charge on any atom is -0.486 e. The first-order chi connectivity index (χ1) is 9.36. The van der Waals surface area contributed by atoms with Gasteiger partial charge in [0.15, 0.2) is 0 Å². The third kappa shape index (κ3) is 3.53. The Labute approximate surface area is 121 Å². The first kappa shape index (κ1) is 14.4. The van der Waals surface area contributed by atoms with Gasteiger partial charge in [-0.25, -0.2) is 0 Å². The maximum absolute atomic E-state index is 6.04. The average molecular weight is 269 g/mol. The van der Waals surface area contributed by atoms with Crippen LogP contribution in [0.15, 0.2) is 48.5 Å². The number of nitrogens with two attached hydrogens (primary N) is 1. The largest absolute Gasteiger partial charge is 0.486 e. The third-order valence-corrected chi connectivity index (χ3v) is 3.42. The van der Waals surface area contributed by atoms with Gasteiger partial charge in [-0.1, -0.05) is 45.0 Å². The van der Waals surface area contributed by atoms with Crippen LogP contribution in [0.5, 0.6) is 5.75 Å².